The summed E-state index contributed by atoms with van der Waals surface area (Å²) in [7, 11) is 1.00. The number of halogens is 6. The Balaban J connectivity index is 0.00000149. The van der Waals surface area contributed by atoms with E-state index in [-0.39, 0.29) is 26.7 Å². The van der Waals surface area contributed by atoms with E-state index in [1.165, 1.54) is 24.4 Å². The smallest absolute Gasteiger partial charge is 0.400 e. The van der Waals surface area contributed by atoms with E-state index in [1.807, 2.05) is 0 Å². The van der Waals surface area contributed by atoms with Crippen molar-refractivity contribution in [2.45, 2.75) is 36.9 Å². The molecule has 174 valence electrons. The maximum absolute atomic E-state index is 14.6. The van der Waals surface area contributed by atoms with Crippen LogP contribution in [0.1, 0.15) is 18.4 Å². The van der Waals surface area contributed by atoms with Crippen molar-refractivity contribution < 1.29 is 36.4 Å². The summed E-state index contributed by atoms with van der Waals surface area (Å²) < 4.78 is 78.8. The van der Waals surface area contributed by atoms with Crippen LogP contribution in [0.15, 0.2) is 41.6 Å². The van der Waals surface area contributed by atoms with Gasteiger partial charge in [-0.25, -0.2) is 9.97 Å². The number of nitriles is 1. The van der Waals surface area contributed by atoms with Crippen molar-refractivity contribution in [2.24, 2.45) is 0 Å². The molecule has 3 aromatic rings. The lowest BCUT2D eigenvalue weighted by Crippen LogP contribution is -2.42. The van der Waals surface area contributed by atoms with Crippen LogP contribution in [0.2, 0.25) is 0 Å². The lowest BCUT2D eigenvalue weighted by molar-refractivity contribution is -0.368. The minimum atomic E-state index is -5.80. The number of aliphatic hydroxyl groups is 1. The number of aromatic nitrogens is 3. The van der Waals surface area contributed by atoms with E-state index < -0.39 is 35.4 Å². The highest BCUT2D eigenvalue weighted by Gasteiger charge is 2.57. The van der Waals surface area contributed by atoms with Crippen LogP contribution in [-0.4, -0.2) is 33.9 Å². The largest absolute Gasteiger partial charge is 0.455 e. The highest BCUT2D eigenvalue weighted by atomic mass is 19.4. The van der Waals surface area contributed by atoms with Gasteiger partial charge in [0.25, 0.3) is 11.3 Å². The summed E-state index contributed by atoms with van der Waals surface area (Å²) in [6, 6.07) is 5.87. The molecule has 0 radical (unpaired) electrons. The van der Waals surface area contributed by atoms with Crippen molar-refractivity contribution in [2.75, 3.05) is 7.11 Å². The molecule has 0 bridgehead atoms. The van der Waals surface area contributed by atoms with Gasteiger partial charge in [0.15, 0.2) is 12.0 Å². The fourth-order valence-electron chi connectivity index (χ4n) is 3.28. The fourth-order valence-corrected chi connectivity index (χ4v) is 3.28. The normalized spacial score (nSPS) is 14.9. The third-order valence-corrected chi connectivity index (χ3v) is 5.31. The quantitative estimate of drug-likeness (QED) is 0.591. The van der Waals surface area contributed by atoms with Crippen molar-refractivity contribution in [3.63, 3.8) is 0 Å². The minimum Gasteiger partial charge on any atom is -0.400 e. The van der Waals surface area contributed by atoms with Crippen LogP contribution in [0, 0.1) is 17.1 Å². The summed E-state index contributed by atoms with van der Waals surface area (Å²) in [4.78, 5) is 19.1. The molecule has 0 atom stereocenters. The van der Waals surface area contributed by atoms with Gasteiger partial charge in [-0.2, -0.15) is 31.6 Å². The molecule has 0 aliphatic heterocycles. The topological polar surface area (TPSA) is 93.0 Å². The van der Waals surface area contributed by atoms with Gasteiger partial charge in [0.2, 0.25) is 0 Å². The van der Waals surface area contributed by atoms with Gasteiger partial charge in [-0.15, -0.1) is 0 Å². The lowest BCUT2D eigenvalue weighted by Gasteiger charge is -2.20. The number of nitrogens with zero attached hydrogens (tertiary/aromatic N) is 3. The first-order chi connectivity index (χ1) is 15.5. The monoisotopic (exact) mass is 471 g/mol. The molecular weight excluding hydrogens is 454 g/mol. The molecule has 0 amide bonds. The molecular formula is C21H17F6N4O2+. The number of aliphatic hydroxyl groups excluding tert-OH is 1. The molecule has 1 aliphatic carbocycles. The lowest BCUT2D eigenvalue weighted by atomic mass is 9.99. The van der Waals surface area contributed by atoms with Crippen LogP contribution < -0.4 is 10.5 Å². The van der Waals surface area contributed by atoms with E-state index >= 15 is 0 Å². The summed E-state index contributed by atoms with van der Waals surface area (Å²) in [5, 5.41) is 16.2. The Morgan fingerprint density at radius 1 is 1.24 bits per heavy atom. The number of aromatic amines is 1. The highest BCUT2D eigenvalue weighted by molar-refractivity contribution is 5.83. The second-order valence-corrected chi connectivity index (χ2v) is 7.41. The first-order valence-corrected chi connectivity index (χ1v) is 9.49. The van der Waals surface area contributed by atoms with E-state index in [4.69, 9.17) is 5.11 Å². The molecule has 0 aromatic carbocycles. The molecule has 1 fully saturated rings. The summed E-state index contributed by atoms with van der Waals surface area (Å²) in [6.07, 6.45) is -1.23. The number of rotatable bonds is 4. The molecule has 0 spiro atoms. The Labute approximate surface area is 182 Å². The predicted molar refractivity (Wildman–Crippen MR) is 104 cm³/mol. The number of H-pyrrole nitrogens is 1. The molecule has 0 unspecified atom stereocenters. The molecule has 1 aliphatic rings. The Kier molecular flexibility index (Phi) is 6.21. The van der Waals surface area contributed by atoms with Gasteiger partial charge in [-0.3, -0.25) is 4.79 Å². The van der Waals surface area contributed by atoms with Crippen LogP contribution in [0.4, 0.5) is 26.3 Å². The standard InChI is InChI=1S/C20H12F6N4O.CH4O/c21-14-6-12(18(9-27)2-3-18)7-29-16(14)15-5-11-1-4-30(17(31)13(11)8-28-15)10-19(22,23)20(24,25)26;1-2/h1,4-8H,2-3,10H2;2H,1H3/p+1. The summed E-state index contributed by atoms with van der Waals surface area (Å²) >= 11 is 0. The number of fused-ring (bicyclic) bond motifs is 1. The van der Waals surface area contributed by atoms with Gasteiger partial charge < -0.3 is 9.67 Å². The number of hydrogen-bond donors (Lipinski definition) is 1. The fraction of sp³-hybridized carbons (Fsp3) is 0.333. The molecule has 4 rings (SSSR count). The van der Waals surface area contributed by atoms with E-state index in [9.17, 15) is 36.4 Å². The van der Waals surface area contributed by atoms with Crippen LogP contribution in [0.5, 0.6) is 0 Å². The highest BCUT2D eigenvalue weighted by Crippen LogP contribution is 2.47. The summed E-state index contributed by atoms with van der Waals surface area (Å²) in [5.41, 5.74) is -1.20. The summed E-state index contributed by atoms with van der Waals surface area (Å²) in [5.74, 6) is -5.76. The number of alkyl halides is 5. The Morgan fingerprint density at radius 2 is 1.91 bits per heavy atom. The molecule has 3 heterocycles. The maximum atomic E-state index is 14.6. The second-order valence-electron chi connectivity index (χ2n) is 7.41. The van der Waals surface area contributed by atoms with Gasteiger partial charge in [0.05, 0.1) is 23.4 Å². The van der Waals surface area contributed by atoms with E-state index in [0.717, 1.165) is 19.5 Å². The number of nitrogens with one attached hydrogen (secondary N) is 1. The zero-order valence-electron chi connectivity index (χ0n) is 17.1. The van der Waals surface area contributed by atoms with E-state index in [1.54, 1.807) is 0 Å². The molecule has 1 saturated carbocycles. The van der Waals surface area contributed by atoms with Crippen molar-refractivity contribution in [3.05, 3.63) is 58.5 Å². The predicted octanol–water partition coefficient (Wildman–Crippen LogP) is 3.38. The van der Waals surface area contributed by atoms with Gasteiger partial charge >= 0.3 is 12.1 Å². The van der Waals surface area contributed by atoms with Gasteiger partial charge in [0, 0.05) is 25.1 Å². The van der Waals surface area contributed by atoms with Crippen molar-refractivity contribution in [1.82, 2.24) is 9.55 Å². The average Bonchev–Trinajstić information content (AvgIpc) is 3.57. The zero-order valence-corrected chi connectivity index (χ0v) is 17.1. The minimum absolute atomic E-state index is 0.0211. The van der Waals surface area contributed by atoms with Crippen LogP contribution in [0.3, 0.4) is 0 Å². The maximum Gasteiger partial charge on any atom is 0.455 e. The van der Waals surface area contributed by atoms with Crippen molar-refractivity contribution in [1.29, 1.82) is 5.26 Å². The third-order valence-electron chi connectivity index (χ3n) is 5.31. The number of hydrogen-bond acceptors (Lipinski definition) is 4. The first-order valence-electron chi connectivity index (χ1n) is 9.49. The summed E-state index contributed by atoms with van der Waals surface area (Å²) in [6.45, 7) is -1.86. The molecule has 33 heavy (non-hydrogen) atoms. The van der Waals surface area contributed by atoms with Crippen LogP contribution in [-0.2, 0) is 12.0 Å². The van der Waals surface area contributed by atoms with Gasteiger partial charge in [-0.05, 0) is 36.4 Å². The van der Waals surface area contributed by atoms with Crippen molar-refractivity contribution >= 4 is 10.8 Å². The van der Waals surface area contributed by atoms with E-state index in [2.05, 4.69) is 16.0 Å². The molecule has 12 heteroatoms. The molecule has 6 nitrogen and oxygen atoms in total. The molecule has 3 aromatic heterocycles. The zero-order chi connectivity index (χ0) is 24.6. The van der Waals surface area contributed by atoms with E-state index in [0.29, 0.717) is 18.4 Å². The Bertz CT molecular complexity index is 1290. The number of pyridine rings is 3. The first kappa shape index (κ1) is 24.2. The molecule has 2 N–H and O–H groups in total. The third kappa shape index (κ3) is 4.41. The van der Waals surface area contributed by atoms with Crippen LogP contribution in [0.25, 0.3) is 22.2 Å². The van der Waals surface area contributed by atoms with Crippen LogP contribution >= 0.6 is 0 Å². The van der Waals surface area contributed by atoms with Crippen molar-refractivity contribution in [3.8, 4) is 17.5 Å². The second kappa shape index (κ2) is 8.47. The average molecular weight is 471 g/mol. The SMILES string of the molecule is CO.N#CC1(c2c[nH+]c(-c3cc4ccn(CC(F)(F)C(F)(F)F)c(=O)c4cn3)c(F)c2)CC1. The Hall–Kier alpha value is -3.46. The Morgan fingerprint density at radius 3 is 2.45 bits per heavy atom. The molecule has 0 saturated heterocycles. The van der Waals surface area contributed by atoms with Gasteiger partial charge in [0.1, 0.15) is 5.69 Å². The van der Waals surface area contributed by atoms with Gasteiger partial charge in [-0.1, -0.05) is 0 Å².